The molecule has 1 aliphatic heterocycles. The predicted molar refractivity (Wildman–Crippen MR) is 177 cm³/mol. The molecular weight excluding hydrogens is 534 g/mol. The second kappa shape index (κ2) is 8.98. The Balaban J connectivity index is 1.44. The number of carbonyl (C=O) groups excluding carboxylic acids is 2. The molecule has 4 heteroatoms. The van der Waals surface area contributed by atoms with E-state index in [4.69, 9.17) is 0 Å². The van der Waals surface area contributed by atoms with Crippen LogP contribution in [0.3, 0.4) is 0 Å². The average molecular weight is 564 g/mol. The maximum atomic E-state index is 14.4. The van der Waals surface area contributed by atoms with Gasteiger partial charge in [-0.3, -0.25) is 9.59 Å². The Hall–Kier alpha value is -4.54. The summed E-state index contributed by atoms with van der Waals surface area (Å²) in [6, 6.07) is 29.3. The van der Waals surface area contributed by atoms with E-state index in [0.717, 1.165) is 49.1 Å². The van der Waals surface area contributed by atoms with Crippen LogP contribution >= 0.6 is 11.3 Å². The Morgan fingerprint density at radius 3 is 1.62 bits per heavy atom. The van der Waals surface area contributed by atoms with Crippen molar-refractivity contribution in [1.82, 2.24) is 0 Å². The second-order valence-electron chi connectivity index (χ2n) is 12.0. The number of rotatable bonds is 4. The van der Waals surface area contributed by atoms with Crippen molar-refractivity contribution < 1.29 is 9.59 Å². The lowest BCUT2D eigenvalue weighted by Crippen LogP contribution is -2.41. The molecule has 0 spiro atoms. The summed E-state index contributed by atoms with van der Waals surface area (Å²) in [5.74, 6) is -0.175. The van der Waals surface area contributed by atoms with Crippen molar-refractivity contribution in [1.29, 1.82) is 0 Å². The number of imide groups is 1. The Kier molecular flexibility index (Phi) is 5.38. The van der Waals surface area contributed by atoms with Crippen molar-refractivity contribution in [3.8, 4) is 10.4 Å². The van der Waals surface area contributed by atoms with Crippen molar-refractivity contribution in [2.45, 2.75) is 39.5 Å². The van der Waals surface area contributed by atoms with Crippen molar-refractivity contribution in [2.75, 3.05) is 4.90 Å². The number of amides is 2. The molecule has 1 aliphatic rings. The van der Waals surface area contributed by atoms with Crippen molar-refractivity contribution in [3.05, 3.63) is 113 Å². The fourth-order valence-electron chi connectivity index (χ4n) is 7.11. The van der Waals surface area contributed by atoms with Gasteiger partial charge in [-0.2, -0.15) is 0 Å². The minimum absolute atomic E-state index is 0.159. The van der Waals surface area contributed by atoms with Crippen LogP contribution in [0.4, 0.5) is 5.69 Å². The summed E-state index contributed by atoms with van der Waals surface area (Å²) < 4.78 is 0. The lowest BCUT2D eigenvalue weighted by Gasteiger charge is -2.32. The van der Waals surface area contributed by atoms with Crippen LogP contribution in [0.2, 0.25) is 0 Å². The van der Waals surface area contributed by atoms with Crippen LogP contribution in [0.25, 0.3) is 53.5 Å². The summed E-state index contributed by atoms with van der Waals surface area (Å²) in [5.41, 5.74) is 5.17. The highest BCUT2D eigenvalue weighted by atomic mass is 32.1. The summed E-state index contributed by atoms with van der Waals surface area (Å²) in [4.78, 5) is 31.5. The molecule has 8 rings (SSSR count). The molecular formula is C38H29NO2S. The summed E-state index contributed by atoms with van der Waals surface area (Å²) >= 11 is 1.75. The van der Waals surface area contributed by atoms with E-state index in [0.29, 0.717) is 11.1 Å². The van der Waals surface area contributed by atoms with Gasteiger partial charge in [-0.05, 0) is 89.8 Å². The summed E-state index contributed by atoms with van der Waals surface area (Å²) in [5, 5.41) is 10.8. The minimum Gasteiger partial charge on any atom is -0.268 e. The van der Waals surface area contributed by atoms with Crippen LogP contribution in [0, 0.1) is 0 Å². The van der Waals surface area contributed by atoms with Gasteiger partial charge >= 0.3 is 0 Å². The van der Waals surface area contributed by atoms with Crippen LogP contribution in [0.1, 0.15) is 71.4 Å². The average Bonchev–Trinajstić information content (AvgIpc) is 3.53. The van der Waals surface area contributed by atoms with Crippen LogP contribution in [0.5, 0.6) is 0 Å². The predicted octanol–water partition coefficient (Wildman–Crippen LogP) is 10.5. The maximum absolute atomic E-state index is 14.4. The van der Waals surface area contributed by atoms with Gasteiger partial charge < -0.3 is 0 Å². The minimum atomic E-state index is -0.247. The molecule has 3 nitrogen and oxygen atoms in total. The second-order valence-corrected chi connectivity index (χ2v) is 12.9. The normalized spacial score (nSPS) is 13.7. The molecule has 204 valence electrons. The largest absolute Gasteiger partial charge is 0.268 e. The topological polar surface area (TPSA) is 37.4 Å². The number of hydrogen-bond acceptors (Lipinski definition) is 3. The molecule has 2 heterocycles. The molecule has 0 saturated heterocycles. The van der Waals surface area contributed by atoms with Crippen molar-refractivity contribution in [3.63, 3.8) is 0 Å². The van der Waals surface area contributed by atoms with Gasteiger partial charge in [0.25, 0.3) is 11.8 Å². The monoisotopic (exact) mass is 563 g/mol. The number of hydrogen-bond donors (Lipinski definition) is 0. The summed E-state index contributed by atoms with van der Waals surface area (Å²) in [6.07, 6.45) is 0. The first-order chi connectivity index (χ1) is 20.4. The lowest BCUT2D eigenvalue weighted by molar-refractivity contribution is 0.0893. The van der Waals surface area contributed by atoms with Gasteiger partial charge in [0.2, 0.25) is 0 Å². The lowest BCUT2D eigenvalue weighted by atomic mass is 9.83. The van der Waals surface area contributed by atoms with E-state index < -0.39 is 0 Å². The van der Waals surface area contributed by atoms with Crippen LogP contribution in [-0.2, 0) is 0 Å². The highest BCUT2D eigenvalue weighted by molar-refractivity contribution is 7.13. The van der Waals surface area contributed by atoms with E-state index >= 15 is 0 Å². The Labute approximate surface area is 248 Å². The van der Waals surface area contributed by atoms with Crippen LogP contribution < -0.4 is 4.90 Å². The van der Waals surface area contributed by atoms with Gasteiger partial charge in [0.15, 0.2) is 0 Å². The maximum Gasteiger partial charge on any atom is 0.266 e. The third-order valence-electron chi connectivity index (χ3n) is 9.00. The molecule has 0 bridgehead atoms. The molecule has 0 aliphatic carbocycles. The van der Waals surface area contributed by atoms with Crippen molar-refractivity contribution in [2.24, 2.45) is 0 Å². The number of fused-ring (bicyclic) bond motifs is 2. The highest BCUT2D eigenvalue weighted by Crippen LogP contribution is 2.47. The smallest absolute Gasteiger partial charge is 0.266 e. The molecule has 1 aromatic heterocycles. The van der Waals surface area contributed by atoms with E-state index in [9.17, 15) is 9.59 Å². The first-order valence-corrected chi connectivity index (χ1v) is 15.5. The van der Waals surface area contributed by atoms with E-state index in [-0.39, 0.29) is 23.7 Å². The Bertz CT molecular complexity index is 2140. The zero-order valence-corrected chi connectivity index (χ0v) is 24.8. The number of benzene rings is 6. The molecule has 7 aromatic rings. The number of nitrogens with zero attached hydrogens (tertiary/aromatic N) is 1. The molecule has 0 saturated carbocycles. The van der Waals surface area contributed by atoms with Gasteiger partial charge in [0.05, 0.1) is 5.69 Å². The molecule has 2 amide bonds. The van der Waals surface area contributed by atoms with E-state index in [1.54, 1.807) is 11.3 Å². The van der Waals surface area contributed by atoms with Gasteiger partial charge in [-0.25, -0.2) is 4.90 Å². The van der Waals surface area contributed by atoms with Crippen molar-refractivity contribution >= 4 is 71.9 Å². The zero-order chi connectivity index (χ0) is 28.9. The first kappa shape index (κ1) is 25.2. The SMILES string of the molecule is CC(C)c1cccc(C(C)C)c1N1C(=O)c2ccc3c4cccc5c(-c6cccs6)ccc(c6ccc(c2c36)C1=O)c54. The molecule has 0 fully saturated rings. The van der Waals surface area contributed by atoms with E-state index in [2.05, 4.69) is 87.7 Å². The van der Waals surface area contributed by atoms with Crippen LogP contribution in [0.15, 0.2) is 90.3 Å². The Morgan fingerprint density at radius 2 is 1.05 bits per heavy atom. The molecule has 0 N–H and O–H groups in total. The molecule has 42 heavy (non-hydrogen) atoms. The van der Waals surface area contributed by atoms with Crippen LogP contribution in [-0.4, -0.2) is 11.8 Å². The molecule has 6 aromatic carbocycles. The third-order valence-corrected chi connectivity index (χ3v) is 9.90. The van der Waals surface area contributed by atoms with Gasteiger partial charge in [0.1, 0.15) is 0 Å². The first-order valence-electron chi connectivity index (χ1n) is 14.6. The standard InChI is InChI=1S/C38H29NO2S/c1-20(2)22-8-5-9-23(21(3)4)36(22)39-37(40)30-17-15-28-26-11-6-10-25-24(32-12-7-19-42-32)13-14-27(33(25)26)29-16-18-31(38(39)41)35(30)34(28)29/h5-21H,1-4H3. The molecule has 0 radical (unpaired) electrons. The fourth-order valence-corrected chi connectivity index (χ4v) is 7.88. The number of para-hydroxylation sites is 1. The van der Waals surface area contributed by atoms with E-state index in [1.165, 1.54) is 26.1 Å². The molecule has 0 atom stereocenters. The number of anilines is 1. The Morgan fingerprint density at radius 1 is 0.524 bits per heavy atom. The number of carbonyl (C=O) groups is 2. The molecule has 0 unspecified atom stereocenters. The summed E-state index contributed by atoms with van der Waals surface area (Å²) in [6.45, 7) is 8.46. The highest BCUT2D eigenvalue weighted by Gasteiger charge is 2.38. The third kappa shape index (κ3) is 3.27. The summed E-state index contributed by atoms with van der Waals surface area (Å²) in [7, 11) is 0. The number of thiophene rings is 1. The quantitative estimate of drug-likeness (QED) is 0.121. The van der Waals surface area contributed by atoms with E-state index in [1.807, 2.05) is 30.3 Å². The van der Waals surface area contributed by atoms with Gasteiger partial charge in [-0.15, -0.1) is 11.3 Å². The van der Waals surface area contributed by atoms with Gasteiger partial charge in [0, 0.05) is 21.4 Å². The van der Waals surface area contributed by atoms with Gasteiger partial charge in [-0.1, -0.05) is 94.4 Å². The zero-order valence-electron chi connectivity index (χ0n) is 24.0. The fraction of sp³-hybridized carbons (Fsp3) is 0.158.